The molecule has 0 atom stereocenters. The van der Waals surface area contributed by atoms with Gasteiger partial charge in [0, 0.05) is 6.42 Å². The van der Waals surface area contributed by atoms with Gasteiger partial charge in [0.25, 0.3) is 0 Å². The smallest absolute Gasteiger partial charge is 0.226 e. The average molecular weight is 314 g/mol. The molecule has 0 unspecified atom stereocenters. The van der Waals surface area contributed by atoms with Gasteiger partial charge in [-0.05, 0) is 11.5 Å². The molecule has 2 aromatic heterocycles. The molecule has 0 spiro atoms. The van der Waals surface area contributed by atoms with Crippen LogP contribution in [0.5, 0.6) is 0 Å². The molecule has 5 nitrogen and oxygen atoms in total. The third kappa shape index (κ3) is 3.76. The standard InChI is InChI=1S/C16H18N4OS/c1-11(2)8-15-19-14(20-21-15)10-22-16-17-9-13(18-16)12-6-4-3-5-7-12/h3-7,9,11H,8,10H2,1-2H3,(H,17,18). The van der Waals surface area contributed by atoms with E-state index in [0.717, 1.165) is 22.8 Å². The van der Waals surface area contributed by atoms with Gasteiger partial charge in [0.2, 0.25) is 5.89 Å². The van der Waals surface area contributed by atoms with Crippen LogP contribution in [0.3, 0.4) is 0 Å². The Kier molecular flexibility index (Phi) is 4.58. The number of nitrogens with one attached hydrogen (secondary N) is 1. The Hall–Kier alpha value is -2.08. The van der Waals surface area contributed by atoms with Gasteiger partial charge >= 0.3 is 0 Å². The van der Waals surface area contributed by atoms with Gasteiger partial charge in [-0.3, -0.25) is 0 Å². The third-order valence-electron chi connectivity index (χ3n) is 3.07. The number of hydrogen-bond donors (Lipinski definition) is 1. The molecule has 3 rings (SSSR count). The van der Waals surface area contributed by atoms with E-state index in [4.69, 9.17) is 4.52 Å². The molecule has 0 bridgehead atoms. The summed E-state index contributed by atoms with van der Waals surface area (Å²) in [6, 6.07) is 10.1. The summed E-state index contributed by atoms with van der Waals surface area (Å²) in [4.78, 5) is 12.1. The molecule has 6 heteroatoms. The molecule has 0 aliphatic carbocycles. The summed E-state index contributed by atoms with van der Waals surface area (Å²) in [5.74, 6) is 2.57. The molecule has 0 amide bonds. The molecular weight excluding hydrogens is 296 g/mol. The van der Waals surface area contributed by atoms with Crippen molar-refractivity contribution in [3.8, 4) is 11.3 Å². The first-order chi connectivity index (χ1) is 10.7. The number of aromatic amines is 1. The van der Waals surface area contributed by atoms with E-state index in [1.807, 2.05) is 24.4 Å². The zero-order valence-corrected chi connectivity index (χ0v) is 13.4. The lowest BCUT2D eigenvalue weighted by atomic mass is 10.1. The predicted molar refractivity (Wildman–Crippen MR) is 86.4 cm³/mol. The SMILES string of the molecule is CC(C)Cc1nc(CSc2ncc(-c3ccccc3)[nH]2)no1. The second-order valence-electron chi connectivity index (χ2n) is 5.46. The van der Waals surface area contributed by atoms with Crippen molar-refractivity contribution in [3.05, 3.63) is 48.2 Å². The fourth-order valence-electron chi connectivity index (χ4n) is 2.05. The van der Waals surface area contributed by atoms with Crippen LogP contribution >= 0.6 is 11.8 Å². The van der Waals surface area contributed by atoms with Gasteiger partial charge in [0.05, 0.1) is 17.6 Å². The van der Waals surface area contributed by atoms with E-state index in [-0.39, 0.29) is 0 Å². The van der Waals surface area contributed by atoms with Gasteiger partial charge in [0.1, 0.15) is 0 Å². The first kappa shape index (κ1) is 14.8. The van der Waals surface area contributed by atoms with Crippen LogP contribution in [-0.2, 0) is 12.2 Å². The Morgan fingerprint density at radius 3 is 2.82 bits per heavy atom. The number of thioether (sulfide) groups is 1. The number of benzene rings is 1. The van der Waals surface area contributed by atoms with Gasteiger partial charge < -0.3 is 9.51 Å². The minimum absolute atomic E-state index is 0.513. The molecule has 0 aliphatic heterocycles. The molecule has 0 aliphatic rings. The minimum atomic E-state index is 0.513. The van der Waals surface area contributed by atoms with Crippen LogP contribution in [0.25, 0.3) is 11.3 Å². The summed E-state index contributed by atoms with van der Waals surface area (Å²) in [5, 5.41) is 4.86. The van der Waals surface area contributed by atoms with Gasteiger partial charge in [-0.1, -0.05) is 61.1 Å². The van der Waals surface area contributed by atoms with Crippen molar-refractivity contribution in [2.45, 2.75) is 31.2 Å². The molecule has 3 aromatic rings. The second-order valence-corrected chi connectivity index (χ2v) is 6.42. The van der Waals surface area contributed by atoms with Crippen LogP contribution in [0.1, 0.15) is 25.6 Å². The first-order valence-corrected chi connectivity index (χ1v) is 8.24. The molecular formula is C16H18N4OS. The largest absolute Gasteiger partial charge is 0.339 e. The summed E-state index contributed by atoms with van der Waals surface area (Å²) in [6.45, 7) is 4.26. The third-order valence-corrected chi connectivity index (χ3v) is 3.95. The number of hydrogen-bond acceptors (Lipinski definition) is 5. The van der Waals surface area contributed by atoms with Crippen molar-refractivity contribution >= 4 is 11.8 Å². The molecule has 22 heavy (non-hydrogen) atoms. The van der Waals surface area contributed by atoms with Crippen LogP contribution in [0.2, 0.25) is 0 Å². The number of H-pyrrole nitrogens is 1. The van der Waals surface area contributed by atoms with Gasteiger partial charge in [-0.15, -0.1) is 0 Å². The van der Waals surface area contributed by atoms with E-state index < -0.39 is 0 Å². The Bertz CT molecular complexity index is 721. The lowest BCUT2D eigenvalue weighted by Crippen LogP contribution is -1.94. The Balaban J connectivity index is 1.60. The topological polar surface area (TPSA) is 67.6 Å². The zero-order valence-electron chi connectivity index (χ0n) is 12.6. The maximum Gasteiger partial charge on any atom is 0.226 e. The van der Waals surface area contributed by atoms with E-state index in [9.17, 15) is 0 Å². The van der Waals surface area contributed by atoms with Crippen molar-refractivity contribution in [2.24, 2.45) is 5.92 Å². The fourth-order valence-corrected chi connectivity index (χ4v) is 2.75. The van der Waals surface area contributed by atoms with Crippen LogP contribution in [0.4, 0.5) is 0 Å². The Morgan fingerprint density at radius 2 is 2.05 bits per heavy atom. The highest BCUT2D eigenvalue weighted by atomic mass is 32.2. The van der Waals surface area contributed by atoms with Crippen molar-refractivity contribution in [1.82, 2.24) is 20.1 Å². The van der Waals surface area contributed by atoms with Gasteiger partial charge in [-0.2, -0.15) is 4.98 Å². The monoisotopic (exact) mass is 314 g/mol. The lowest BCUT2D eigenvalue weighted by Gasteiger charge is -1.96. The summed E-state index contributed by atoms with van der Waals surface area (Å²) < 4.78 is 5.23. The Morgan fingerprint density at radius 1 is 1.23 bits per heavy atom. The number of aromatic nitrogens is 4. The fraction of sp³-hybridized carbons (Fsp3) is 0.312. The minimum Gasteiger partial charge on any atom is -0.339 e. The summed E-state index contributed by atoms with van der Waals surface area (Å²) in [5.41, 5.74) is 2.14. The van der Waals surface area contributed by atoms with E-state index in [1.54, 1.807) is 11.8 Å². The number of imidazole rings is 1. The quantitative estimate of drug-likeness (QED) is 0.698. The molecule has 0 saturated heterocycles. The van der Waals surface area contributed by atoms with Crippen molar-refractivity contribution < 1.29 is 4.52 Å². The summed E-state index contributed by atoms with van der Waals surface area (Å²) in [6.07, 6.45) is 2.66. The molecule has 1 N–H and O–H groups in total. The van der Waals surface area contributed by atoms with E-state index >= 15 is 0 Å². The number of nitrogens with zero attached hydrogens (tertiary/aromatic N) is 3. The van der Waals surface area contributed by atoms with E-state index in [2.05, 4.69) is 46.1 Å². The van der Waals surface area contributed by atoms with Crippen LogP contribution in [0, 0.1) is 5.92 Å². The van der Waals surface area contributed by atoms with Crippen LogP contribution in [0.15, 0.2) is 46.2 Å². The second kappa shape index (κ2) is 6.79. The highest BCUT2D eigenvalue weighted by Gasteiger charge is 2.10. The molecule has 2 heterocycles. The molecule has 1 aromatic carbocycles. The molecule has 0 saturated carbocycles. The van der Waals surface area contributed by atoms with E-state index in [1.165, 1.54) is 0 Å². The Labute approximate surface area is 133 Å². The van der Waals surface area contributed by atoms with Crippen molar-refractivity contribution in [3.63, 3.8) is 0 Å². The molecule has 114 valence electrons. The zero-order chi connectivity index (χ0) is 15.4. The van der Waals surface area contributed by atoms with Gasteiger partial charge in [0.15, 0.2) is 11.0 Å². The van der Waals surface area contributed by atoms with Crippen molar-refractivity contribution in [1.29, 1.82) is 0 Å². The number of rotatable bonds is 6. The average Bonchev–Trinajstić information content (AvgIpc) is 3.15. The molecule has 0 fully saturated rings. The molecule has 0 radical (unpaired) electrons. The predicted octanol–water partition coefficient (Wildman–Crippen LogP) is 3.95. The van der Waals surface area contributed by atoms with Crippen molar-refractivity contribution in [2.75, 3.05) is 0 Å². The van der Waals surface area contributed by atoms with E-state index in [0.29, 0.717) is 23.4 Å². The highest BCUT2D eigenvalue weighted by Crippen LogP contribution is 2.23. The first-order valence-electron chi connectivity index (χ1n) is 7.25. The summed E-state index contributed by atoms with van der Waals surface area (Å²) >= 11 is 1.57. The van der Waals surface area contributed by atoms with Crippen LogP contribution < -0.4 is 0 Å². The maximum atomic E-state index is 5.23. The normalized spacial score (nSPS) is 11.2. The van der Waals surface area contributed by atoms with Gasteiger partial charge in [-0.25, -0.2) is 4.98 Å². The lowest BCUT2D eigenvalue weighted by molar-refractivity contribution is 0.360. The van der Waals surface area contributed by atoms with Crippen LogP contribution in [-0.4, -0.2) is 20.1 Å². The highest BCUT2D eigenvalue weighted by molar-refractivity contribution is 7.98. The summed E-state index contributed by atoms with van der Waals surface area (Å²) in [7, 11) is 0. The maximum absolute atomic E-state index is 5.23.